The molecule has 1 fully saturated rings. The van der Waals surface area contributed by atoms with Gasteiger partial charge >= 0.3 is 0 Å². The molecular formula is C15H17ClN4O2S. The molecule has 0 N–H and O–H groups in total. The van der Waals surface area contributed by atoms with Crippen LogP contribution in [0.4, 0.5) is 5.95 Å². The second-order valence-electron chi connectivity index (χ2n) is 5.28. The van der Waals surface area contributed by atoms with Gasteiger partial charge in [-0.15, -0.1) is 0 Å². The number of nitrogens with zero attached hydrogens (tertiary/aromatic N) is 4. The van der Waals surface area contributed by atoms with Crippen LogP contribution >= 0.6 is 11.6 Å². The Hall–Kier alpha value is -1.70. The topological polar surface area (TPSA) is 66.4 Å². The van der Waals surface area contributed by atoms with Crippen molar-refractivity contribution in [2.45, 2.75) is 5.75 Å². The van der Waals surface area contributed by atoms with Crippen LogP contribution < -0.4 is 4.90 Å². The lowest BCUT2D eigenvalue weighted by Gasteiger charge is -2.33. The molecule has 1 aliphatic rings. The first kappa shape index (κ1) is 16.2. The van der Waals surface area contributed by atoms with Gasteiger partial charge in [-0.2, -0.15) is 4.31 Å². The van der Waals surface area contributed by atoms with Gasteiger partial charge < -0.3 is 4.90 Å². The van der Waals surface area contributed by atoms with Crippen molar-refractivity contribution in [1.82, 2.24) is 14.3 Å². The SMILES string of the molecule is O=S(=O)(Cc1ccccc1Cl)N1CCN(c2ncccn2)CC1. The van der Waals surface area contributed by atoms with Gasteiger partial charge in [-0.1, -0.05) is 29.8 Å². The van der Waals surface area contributed by atoms with Crippen molar-refractivity contribution in [3.05, 3.63) is 53.3 Å². The first-order valence-electron chi connectivity index (χ1n) is 7.29. The van der Waals surface area contributed by atoms with E-state index in [9.17, 15) is 8.42 Å². The zero-order valence-corrected chi connectivity index (χ0v) is 14.0. The summed E-state index contributed by atoms with van der Waals surface area (Å²) in [4.78, 5) is 10.4. The van der Waals surface area contributed by atoms with E-state index in [0.717, 1.165) is 0 Å². The minimum atomic E-state index is -3.38. The predicted octanol–water partition coefficient (Wildman–Crippen LogP) is 1.78. The van der Waals surface area contributed by atoms with Gasteiger partial charge in [0.1, 0.15) is 0 Å². The molecule has 0 saturated carbocycles. The highest BCUT2D eigenvalue weighted by Crippen LogP contribution is 2.21. The van der Waals surface area contributed by atoms with E-state index >= 15 is 0 Å². The van der Waals surface area contributed by atoms with Gasteiger partial charge in [0, 0.05) is 43.6 Å². The Balaban J connectivity index is 1.66. The Morgan fingerprint density at radius 1 is 1.00 bits per heavy atom. The molecule has 0 aliphatic carbocycles. The molecule has 1 aromatic heterocycles. The number of benzene rings is 1. The van der Waals surface area contributed by atoms with Crippen molar-refractivity contribution in [1.29, 1.82) is 0 Å². The first-order valence-corrected chi connectivity index (χ1v) is 9.28. The van der Waals surface area contributed by atoms with Crippen LogP contribution in [0.5, 0.6) is 0 Å². The summed E-state index contributed by atoms with van der Waals surface area (Å²) in [6.45, 7) is 1.99. The summed E-state index contributed by atoms with van der Waals surface area (Å²) in [7, 11) is -3.38. The maximum absolute atomic E-state index is 12.6. The van der Waals surface area contributed by atoms with E-state index in [-0.39, 0.29) is 5.75 Å². The fraction of sp³-hybridized carbons (Fsp3) is 0.333. The monoisotopic (exact) mass is 352 g/mol. The highest BCUT2D eigenvalue weighted by molar-refractivity contribution is 7.88. The third-order valence-corrected chi connectivity index (χ3v) is 5.96. The van der Waals surface area contributed by atoms with Crippen LogP contribution in [-0.2, 0) is 15.8 Å². The van der Waals surface area contributed by atoms with E-state index in [0.29, 0.717) is 42.7 Å². The lowest BCUT2D eigenvalue weighted by atomic mass is 10.2. The van der Waals surface area contributed by atoms with Crippen LogP contribution in [0, 0.1) is 0 Å². The number of sulfonamides is 1. The molecule has 0 amide bonds. The Labute approximate surface area is 140 Å². The smallest absolute Gasteiger partial charge is 0.225 e. The molecule has 1 aliphatic heterocycles. The van der Waals surface area contributed by atoms with Crippen molar-refractivity contribution in [2.24, 2.45) is 0 Å². The molecule has 0 unspecified atom stereocenters. The summed E-state index contributed by atoms with van der Waals surface area (Å²) in [6, 6.07) is 8.79. The fourth-order valence-corrected chi connectivity index (χ4v) is 4.35. The fourth-order valence-electron chi connectivity index (χ4n) is 2.52. The molecule has 0 atom stereocenters. The zero-order chi connectivity index (χ0) is 16.3. The number of piperazine rings is 1. The van der Waals surface area contributed by atoms with E-state index in [2.05, 4.69) is 9.97 Å². The van der Waals surface area contributed by atoms with Crippen molar-refractivity contribution in [3.63, 3.8) is 0 Å². The molecular weight excluding hydrogens is 336 g/mol. The number of hydrogen-bond acceptors (Lipinski definition) is 5. The van der Waals surface area contributed by atoms with Crippen LogP contribution in [0.1, 0.15) is 5.56 Å². The Kier molecular flexibility index (Phi) is 4.79. The van der Waals surface area contributed by atoms with Crippen LogP contribution in [0.15, 0.2) is 42.7 Å². The number of hydrogen-bond donors (Lipinski definition) is 0. The molecule has 2 heterocycles. The standard InChI is InChI=1S/C15H17ClN4O2S/c16-14-5-2-1-4-13(14)12-23(21,22)20-10-8-19(9-11-20)15-17-6-3-7-18-15/h1-7H,8-12H2. The van der Waals surface area contributed by atoms with Crippen LogP contribution in [0.3, 0.4) is 0 Å². The number of aromatic nitrogens is 2. The number of halogens is 1. The minimum Gasteiger partial charge on any atom is -0.338 e. The highest BCUT2D eigenvalue weighted by Gasteiger charge is 2.28. The van der Waals surface area contributed by atoms with Gasteiger partial charge in [-0.05, 0) is 17.7 Å². The third-order valence-electron chi connectivity index (χ3n) is 3.76. The van der Waals surface area contributed by atoms with E-state index < -0.39 is 10.0 Å². The average molecular weight is 353 g/mol. The maximum atomic E-state index is 12.6. The highest BCUT2D eigenvalue weighted by atomic mass is 35.5. The van der Waals surface area contributed by atoms with Crippen molar-refractivity contribution in [2.75, 3.05) is 31.1 Å². The summed E-state index contributed by atoms with van der Waals surface area (Å²) >= 11 is 6.06. The molecule has 0 radical (unpaired) electrons. The number of rotatable bonds is 4. The summed E-state index contributed by atoms with van der Waals surface area (Å²) < 4.78 is 26.6. The van der Waals surface area contributed by atoms with Gasteiger partial charge in [0.25, 0.3) is 0 Å². The lowest BCUT2D eigenvalue weighted by molar-refractivity contribution is 0.382. The van der Waals surface area contributed by atoms with Crippen molar-refractivity contribution in [3.8, 4) is 0 Å². The van der Waals surface area contributed by atoms with Crippen LogP contribution in [0.2, 0.25) is 5.02 Å². The van der Waals surface area contributed by atoms with Gasteiger partial charge in [0.05, 0.1) is 5.75 Å². The number of anilines is 1. The van der Waals surface area contributed by atoms with Gasteiger partial charge in [-0.3, -0.25) is 0 Å². The van der Waals surface area contributed by atoms with Crippen LogP contribution in [-0.4, -0.2) is 48.9 Å². The summed E-state index contributed by atoms with van der Waals surface area (Å²) in [6.07, 6.45) is 3.37. The molecule has 0 bridgehead atoms. The quantitative estimate of drug-likeness (QED) is 0.839. The third kappa shape index (κ3) is 3.80. The van der Waals surface area contributed by atoms with Gasteiger partial charge in [0.15, 0.2) is 0 Å². The Morgan fingerprint density at radius 2 is 1.65 bits per heavy atom. The first-order chi connectivity index (χ1) is 11.1. The molecule has 1 saturated heterocycles. The lowest BCUT2D eigenvalue weighted by Crippen LogP contribution is -2.49. The second kappa shape index (κ2) is 6.82. The largest absolute Gasteiger partial charge is 0.338 e. The average Bonchev–Trinajstić information content (AvgIpc) is 2.58. The van der Waals surface area contributed by atoms with Crippen molar-refractivity contribution < 1.29 is 8.42 Å². The molecule has 23 heavy (non-hydrogen) atoms. The summed E-state index contributed by atoms with van der Waals surface area (Å²) in [5.41, 5.74) is 0.628. The Bertz CT molecular complexity index is 762. The van der Waals surface area contributed by atoms with E-state index in [1.807, 2.05) is 4.90 Å². The second-order valence-corrected chi connectivity index (χ2v) is 7.66. The molecule has 2 aromatic rings. The maximum Gasteiger partial charge on any atom is 0.225 e. The molecule has 3 rings (SSSR count). The van der Waals surface area contributed by atoms with E-state index in [1.165, 1.54) is 4.31 Å². The molecule has 0 spiro atoms. The van der Waals surface area contributed by atoms with Gasteiger partial charge in [0.2, 0.25) is 16.0 Å². The zero-order valence-electron chi connectivity index (χ0n) is 12.5. The van der Waals surface area contributed by atoms with E-state index in [1.54, 1.807) is 42.7 Å². The normalized spacial score (nSPS) is 16.5. The predicted molar refractivity (Wildman–Crippen MR) is 89.9 cm³/mol. The minimum absolute atomic E-state index is 0.0749. The van der Waals surface area contributed by atoms with Crippen LogP contribution in [0.25, 0.3) is 0 Å². The molecule has 6 nitrogen and oxygen atoms in total. The summed E-state index contributed by atoms with van der Waals surface area (Å²) in [5, 5.41) is 0.479. The molecule has 122 valence electrons. The summed E-state index contributed by atoms with van der Waals surface area (Å²) in [5.74, 6) is 0.560. The van der Waals surface area contributed by atoms with E-state index in [4.69, 9.17) is 11.6 Å². The Morgan fingerprint density at radius 3 is 2.30 bits per heavy atom. The molecule has 1 aromatic carbocycles. The molecule has 8 heteroatoms. The van der Waals surface area contributed by atoms with Crippen molar-refractivity contribution >= 4 is 27.6 Å². The van der Waals surface area contributed by atoms with Gasteiger partial charge in [-0.25, -0.2) is 18.4 Å².